The van der Waals surface area contributed by atoms with E-state index in [2.05, 4.69) is 4.90 Å². The number of rotatable bonds is 8. The van der Waals surface area contributed by atoms with Crippen LogP contribution in [0.5, 0.6) is 5.75 Å². The minimum Gasteiger partial charge on any atom is -0.508 e. The minimum atomic E-state index is -2.03. The second-order valence-corrected chi connectivity index (χ2v) is 8.63. The molecule has 32 heavy (non-hydrogen) atoms. The van der Waals surface area contributed by atoms with E-state index in [0.29, 0.717) is 18.5 Å². The summed E-state index contributed by atoms with van der Waals surface area (Å²) in [7, 11) is 0. The second kappa shape index (κ2) is 9.85. The first-order valence-electron chi connectivity index (χ1n) is 10.8. The molecule has 174 valence electrons. The number of nitrogens with zero attached hydrogens (tertiary/aromatic N) is 1. The van der Waals surface area contributed by atoms with Crippen molar-refractivity contribution in [1.29, 1.82) is 0 Å². The standard InChI is InChI=1S/C24H31NO7/c1-15(2)24(30,16(3)32-21(28)9-6-17-4-7-19(26)8-5-17)23(29)31-14-18-10-12-25-13-11-20(27)22(18)25/h4-10,15-16,20,22,26-27,30H,11-14H2,1-3H3/b9-6+. The molecule has 8 heteroatoms. The fourth-order valence-electron chi connectivity index (χ4n) is 4.21. The number of phenols is 1. The van der Waals surface area contributed by atoms with Gasteiger partial charge in [-0.3, -0.25) is 4.90 Å². The molecular formula is C24H31NO7. The van der Waals surface area contributed by atoms with Gasteiger partial charge >= 0.3 is 11.9 Å². The third-order valence-electron chi connectivity index (χ3n) is 6.23. The van der Waals surface area contributed by atoms with Gasteiger partial charge in [0.1, 0.15) is 18.5 Å². The summed E-state index contributed by atoms with van der Waals surface area (Å²) >= 11 is 0. The number of hydrogen-bond donors (Lipinski definition) is 3. The quantitative estimate of drug-likeness (QED) is 0.314. The maximum Gasteiger partial charge on any atom is 0.342 e. The number of aliphatic hydroxyl groups is 2. The third kappa shape index (κ3) is 5.03. The van der Waals surface area contributed by atoms with Crippen LogP contribution in [0.25, 0.3) is 6.08 Å². The van der Waals surface area contributed by atoms with Crippen LogP contribution in [0, 0.1) is 5.92 Å². The van der Waals surface area contributed by atoms with Gasteiger partial charge in [0.2, 0.25) is 5.60 Å². The average molecular weight is 446 g/mol. The number of aromatic hydroxyl groups is 1. The van der Waals surface area contributed by atoms with Crippen LogP contribution in [-0.2, 0) is 19.1 Å². The molecule has 0 bridgehead atoms. The van der Waals surface area contributed by atoms with Crippen LogP contribution in [0.15, 0.2) is 42.0 Å². The highest BCUT2D eigenvalue weighted by atomic mass is 16.6. The van der Waals surface area contributed by atoms with Crippen LogP contribution in [-0.4, -0.2) is 75.7 Å². The molecule has 1 aromatic rings. The Kier molecular flexibility index (Phi) is 7.38. The Labute approximate surface area is 187 Å². The van der Waals surface area contributed by atoms with Gasteiger partial charge in [-0.1, -0.05) is 32.1 Å². The predicted octanol–water partition coefficient (Wildman–Crippen LogP) is 1.64. The van der Waals surface area contributed by atoms with Crippen LogP contribution >= 0.6 is 0 Å². The lowest BCUT2D eigenvalue weighted by Crippen LogP contribution is -2.55. The molecule has 1 saturated heterocycles. The van der Waals surface area contributed by atoms with Gasteiger partial charge in [-0.2, -0.15) is 0 Å². The highest BCUT2D eigenvalue weighted by Gasteiger charge is 2.49. The maximum absolute atomic E-state index is 12.9. The van der Waals surface area contributed by atoms with E-state index in [4.69, 9.17) is 9.47 Å². The molecule has 1 fully saturated rings. The van der Waals surface area contributed by atoms with Gasteiger partial charge in [0, 0.05) is 19.2 Å². The first-order valence-corrected chi connectivity index (χ1v) is 10.8. The number of phenolic OH excluding ortho intramolecular Hbond substituents is 1. The van der Waals surface area contributed by atoms with Gasteiger partial charge in [0.05, 0.1) is 12.1 Å². The zero-order chi connectivity index (χ0) is 23.5. The summed E-state index contributed by atoms with van der Waals surface area (Å²) < 4.78 is 10.7. The van der Waals surface area contributed by atoms with Crippen molar-refractivity contribution in [3.63, 3.8) is 0 Å². The van der Waals surface area contributed by atoms with Crippen LogP contribution < -0.4 is 0 Å². The lowest BCUT2D eigenvalue weighted by Gasteiger charge is -2.34. The summed E-state index contributed by atoms with van der Waals surface area (Å²) in [5.41, 5.74) is -0.537. The van der Waals surface area contributed by atoms with E-state index in [1.54, 1.807) is 26.0 Å². The van der Waals surface area contributed by atoms with Crippen LogP contribution in [0.4, 0.5) is 0 Å². The number of fused-ring (bicyclic) bond motifs is 1. The molecule has 2 aliphatic heterocycles. The molecule has 1 aromatic carbocycles. The van der Waals surface area contributed by atoms with E-state index in [1.165, 1.54) is 31.2 Å². The minimum absolute atomic E-state index is 0.0342. The molecule has 4 unspecified atom stereocenters. The first kappa shape index (κ1) is 24.0. The number of benzene rings is 1. The number of carbonyl (C=O) groups excluding carboxylic acids is 2. The third-order valence-corrected chi connectivity index (χ3v) is 6.23. The highest BCUT2D eigenvalue weighted by molar-refractivity contribution is 5.88. The molecule has 0 aromatic heterocycles. The molecule has 2 aliphatic rings. The first-order chi connectivity index (χ1) is 15.1. The van der Waals surface area contributed by atoms with Crippen LogP contribution in [0.3, 0.4) is 0 Å². The number of carbonyl (C=O) groups is 2. The molecule has 0 amide bonds. The Morgan fingerprint density at radius 1 is 1.25 bits per heavy atom. The smallest absolute Gasteiger partial charge is 0.342 e. The Morgan fingerprint density at radius 3 is 2.59 bits per heavy atom. The summed E-state index contributed by atoms with van der Waals surface area (Å²) in [6.45, 7) is 6.20. The molecule has 0 spiro atoms. The second-order valence-electron chi connectivity index (χ2n) is 8.63. The van der Waals surface area contributed by atoms with E-state index >= 15 is 0 Å². The molecule has 3 N–H and O–H groups in total. The van der Waals surface area contributed by atoms with Crippen molar-refractivity contribution < 1.29 is 34.4 Å². The Hall–Kier alpha value is -2.68. The van der Waals surface area contributed by atoms with Gasteiger partial charge < -0.3 is 24.8 Å². The molecule has 0 radical (unpaired) electrons. The fourth-order valence-corrected chi connectivity index (χ4v) is 4.21. The van der Waals surface area contributed by atoms with Crippen LogP contribution in [0.2, 0.25) is 0 Å². The number of esters is 2. The summed E-state index contributed by atoms with van der Waals surface area (Å²) in [6.07, 6.45) is 3.66. The average Bonchev–Trinajstić information content (AvgIpc) is 3.33. The van der Waals surface area contributed by atoms with Gasteiger partial charge in [0.25, 0.3) is 0 Å². The molecule has 0 saturated carbocycles. The summed E-state index contributed by atoms with van der Waals surface area (Å²) in [6, 6.07) is 6.08. The molecule has 0 aliphatic carbocycles. The zero-order valence-electron chi connectivity index (χ0n) is 18.6. The van der Waals surface area contributed by atoms with Crippen molar-refractivity contribution in [2.24, 2.45) is 5.92 Å². The van der Waals surface area contributed by atoms with Crippen molar-refractivity contribution in [1.82, 2.24) is 4.90 Å². The van der Waals surface area contributed by atoms with E-state index in [0.717, 1.165) is 12.1 Å². The van der Waals surface area contributed by atoms with Crippen molar-refractivity contribution in [3.05, 3.63) is 47.6 Å². The van der Waals surface area contributed by atoms with Crippen LogP contribution in [0.1, 0.15) is 32.8 Å². The summed E-state index contributed by atoms with van der Waals surface area (Å²) in [5.74, 6) is -2.06. The normalized spacial score (nSPS) is 23.6. The van der Waals surface area contributed by atoms with E-state index in [1.807, 2.05) is 6.08 Å². The SMILES string of the molecule is CC(C)C(O)(C(=O)OCC1=CCN2CCC(O)C12)C(C)OC(=O)/C=C/c1ccc(O)cc1. The van der Waals surface area contributed by atoms with Crippen molar-refractivity contribution in [2.75, 3.05) is 19.7 Å². The summed E-state index contributed by atoms with van der Waals surface area (Å²) in [5, 5.41) is 30.6. The van der Waals surface area contributed by atoms with Gasteiger partial charge in [-0.05, 0) is 48.6 Å². The number of hydrogen-bond acceptors (Lipinski definition) is 8. The Bertz CT molecular complexity index is 892. The van der Waals surface area contributed by atoms with E-state index < -0.39 is 35.7 Å². The predicted molar refractivity (Wildman–Crippen MR) is 118 cm³/mol. The Morgan fingerprint density at radius 2 is 1.94 bits per heavy atom. The van der Waals surface area contributed by atoms with Gasteiger partial charge in [0.15, 0.2) is 0 Å². The van der Waals surface area contributed by atoms with Gasteiger partial charge in [-0.15, -0.1) is 0 Å². The maximum atomic E-state index is 12.9. The monoisotopic (exact) mass is 445 g/mol. The van der Waals surface area contributed by atoms with E-state index in [-0.39, 0.29) is 18.4 Å². The van der Waals surface area contributed by atoms with Crippen molar-refractivity contribution >= 4 is 18.0 Å². The lowest BCUT2D eigenvalue weighted by molar-refractivity contribution is -0.191. The molecular weight excluding hydrogens is 414 g/mol. The fraction of sp³-hybridized carbons (Fsp3) is 0.500. The molecule has 8 nitrogen and oxygen atoms in total. The van der Waals surface area contributed by atoms with Crippen molar-refractivity contribution in [3.8, 4) is 5.75 Å². The largest absolute Gasteiger partial charge is 0.508 e. The topological polar surface area (TPSA) is 117 Å². The summed E-state index contributed by atoms with van der Waals surface area (Å²) in [4.78, 5) is 27.2. The lowest BCUT2D eigenvalue weighted by atomic mass is 9.85. The molecule has 2 heterocycles. The van der Waals surface area contributed by atoms with Gasteiger partial charge in [-0.25, -0.2) is 9.59 Å². The molecule has 4 atom stereocenters. The number of aliphatic hydroxyl groups excluding tert-OH is 1. The number of ether oxygens (including phenoxy) is 2. The molecule has 3 rings (SSSR count). The Balaban J connectivity index is 1.60. The van der Waals surface area contributed by atoms with E-state index in [9.17, 15) is 24.9 Å². The van der Waals surface area contributed by atoms with Crippen molar-refractivity contribution in [2.45, 2.75) is 51.0 Å². The highest BCUT2D eigenvalue weighted by Crippen LogP contribution is 2.31. The zero-order valence-corrected chi connectivity index (χ0v) is 18.6.